The van der Waals surface area contributed by atoms with Gasteiger partial charge in [0.25, 0.3) is 0 Å². The highest BCUT2D eigenvalue weighted by molar-refractivity contribution is 8.05. The van der Waals surface area contributed by atoms with Crippen LogP contribution < -0.4 is 15.8 Å². The lowest BCUT2D eigenvalue weighted by Crippen LogP contribution is -2.48. The van der Waals surface area contributed by atoms with Crippen molar-refractivity contribution in [1.82, 2.24) is 9.88 Å². The number of hydrogen-bond acceptors (Lipinski definition) is 8. The maximum Gasteiger partial charge on any atom is 0.249 e. The summed E-state index contributed by atoms with van der Waals surface area (Å²) in [6.07, 6.45) is 2.24. The van der Waals surface area contributed by atoms with Crippen LogP contribution in [0.5, 0.6) is 0 Å². The average molecular weight is 565 g/mol. The van der Waals surface area contributed by atoms with E-state index in [4.69, 9.17) is 9.47 Å². The molecule has 7 nitrogen and oxygen atoms in total. The molecule has 0 aliphatic carbocycles. The standard InChI is InChI=1S/C30H36N4O3S2/c1-19(15-33-16-20(2)37-21(3)17-33)32-22-7-8-26-28(13-22)38-27-6-4-5-24(30(27)39-26)25-18-34(11-12-36-25)23-9-10-31-29(35)14-23/h4-10,13-14,19-21,25,32H,11-12,15-18H2,1-3H3,(H,31,35). The van der Waals surface area contributed by atoms with E-state index >= 15 is 0 Å². The molecule has 2 saturated heterocycles. The minimum atomic E-state index is -0.0789. The zero-order valence-corrected chi connectivity index (χ0v) is 24.3. The summed E-state index contributed by atoms with van der Waals surface area (Å²) in [5.41, 5.74) is 3.24. The van der Waals surface area contributed by atoms with Crippen LogP contribution in [0.2, 0.25) is 0 Å². The monoisotopic (exact) mass is 564 g/mol. The van der Waals surface area contributed by atoms with Crippen molar-refractivity contribution < 1.29 is 9.47 Å². The van der Waals surface area contributed by atoms with E-state index in [1.165, 1.54) is 25.1 Å². The maximum absolute atomic E-state index is 11.9. The molecule has 6 rings (SSSR count). The molecule has 4 heterocycles. The van der Waals surface area contributed by atoms with E-state index in [9.17, 15) is 4.79 Å². The van der Waals surface area contributed by atoms with Gasteiger partial charge >= 0.3 is 0 Å². The van der Waals surface area contributed by atoms with Crippen molar-refractivity contribution in [1.29, 1.82) is 0 Å². The van der Waals surface area contributed by atoms with Crippen LogP contribution in [0, 0.1) is 0 Å². The fourth-order valence-electron chi connectivity index (χ4n) is 5.82. The summed E-state index contributed by atoms with van der Waals surface area (Å²) in [4.78, 5) is 24.4. The zero-order valence-electron chi connectivity index (χ0n) is 22.7. The summed E-state index contributed by atoms with van der Waals surface area (Å²) in [5, 5.41) is 3.73. The molecule has 0 amide bonds. The summed E-state index contributed by atoms with van der Waals surface area (Å²) in [6.45, 7) is 11.7. The minimum absolute atomic E-state index is 0.0462. The summed E-state index contributed by atoms with van der Waals surface area (Å²) in [5.74, 6) is 0. The van der Waals surface area contributed by atoms with E-state index in [1.807, 2.05) is 29.6 Å². The normalized spacial score (nSPS) is 24.1. The molecule has 4 unspecified atom stereocenters. The number of hydrogen-bond donors (Lipinski definition) is 2. The Bertz CT molecular complexity index is 1370. The topological polar surface area (TPSA) is 69.8 Å². The van der Waals surface area contributed by atoms with E-state index in [0.29, 0.717) is 12.6 Å². The van der Waals surface area contributed by atoms with Crippen LogP contribution in [0.4, 0.5) is 11.4 Å². The number of nitrogens with zero attached hydrogens (tertiary/aromatic N) is 2. The number of H-pyrrole nitrogens is 1. The van der Waals surface area contributed by atoms with Crippen molar-refractivity contribution in [2.75, 3.05) is 49.5 Å². The van der Waals surface area contributed by atoms with Gasteiger partial charge in [0.05, 0.1) is 18.8 Å². The molecule has 0 radical (unpaired) electrons. The van der Waals surface area contributed by atoms with Gasteiger partial charge in [0, 0.05) is 82.0 Å². The molecule has 9 heteroatoms. The van der Waals surface area contributed by atoms with Crippen molar-refractivity contribution >= 4 is 34.9 Å². The molecule has 0 spiro atoms. The molecule has 3 aromatic rings. The average Bonchev–Trinajstić information content (AvgIpc) is 2.91. The summed E-state index contributed by atoms with van der Waals surface area (Å²) in [7, 11) is 0. The molecule has 3 aliphatic heterocycles. The van der Waals surface area contributed by atoms with Gasteiger partial charge in [0.2, 0.25) is 5.56 Å². The van der Waals surface area contributed by atoms with E-state index in [2.05, 4.69) is 77.3 Å². The van der Waals surface area contributed by atoms with Gasteiger partial charge < -0.3 is 24.7 Å². The van der Waals surface area contributed by atoms with Gasteiger partial charge in [-0.3, -0.25) is 9.69 Å². The lowest BCUT2D eigenvalue weighted by molar-refractivity contribution is -0.0683. The number of ether oxygens (including phenoxy) is 2. The number of morpholine rings is 2. The SMILES string of the molecule is CC(CN1CC(C)OC(C)C1)Nc1ccc2c(c1)Sc1cccc(C3CN(c4cc[nH]c(=O)c4)CCO3)c1S2. The number of nitrogens with one attached hydrogen (secondary N) is 2. The first-order valence-electron chi connectivity index (χ1n) is 13.7. The Labute approximate surface area is 238 Å². The predicted octanol–water partition coefficient (Wildman–Crippen LogP) is 5.48. The quantitative estimate of drug-likeness (QED) is 0.319. The maximum atomic E-state index is 11.9. The molecule has 1 aromatic heterocycles. The fraction of sp³-hybridized carbons (Fsp3) is 0.433. The van der Waals surface area contributed by atoms with Crippen LogP contribution >= 0.6 is 23.5 Å². The Morgan fingerprint density at radius 3 is 2.69 bits per heavy atom. The number of aromatic amines is 1. The van der Waals surface area contributed by atoms with Gasteiger partial charge in [0.15, 0.2) is 0 Å². The molecule has 4 atom stereocenters. The van der Waals surface area contributed by atoms with Crippen LogP contribution in [0.25, 0.3) is 0 Å². The molecule has 3 aliphatic rings. The highest BCUT2D eigenvalue weighted by Gasteiger charge is 2.29. The molecule has 0 saturated carbocycles. The van der Waals surface area contributed by atoms with E-state index in [0.717, 1.165) is 44.1 Å². The Morgan fingerprint density at radius 1 is 1.03 bits per heavy atom. The minimum Gasteiger partial charge on any atom is -0.381 e. The molecular formula is C30H36N4O3S2. The lowest BCUT2D eigenvalue weighted by Gasteiger charge is -2.37. The van der Waals surface area contributed by atoms with Gasteiger partial charge in [-0.2, -0.15) is 0 Å². The van der Waals surface area contributed by atoms with Crippen molar-refractivity contribution in [3.8, 4) is 0 Å². The van der Waals surface area contributed by atoms with Gasteiger partial charge in [-0.15, -0.1) is 0 Å². The van der Waals surface area contributed by atoms with E-state index in [-0.39, 0.29) is 23.9 Å². The first-order chi connectivity index (χ1) is 18.9. The predicted molar refractivity (Wildman–Crippen MR) is 159 cm³/mol. The molecule has 2 fully saturated rings. The molecule has 2 N–H and O–H groups in total. The lowest BCUT2D eigenvalue weighted by atomic mass is 10.1. The van der Waals surface area contributed by atoms with Gasteiger partial charge in [0.1, 0.15) is 6.10 Å². The molecule has 206 valence electrons. The second kappa shape index (κ2) is 11.6. The number of anilines is 2. The summed E-state index contributed by atoms with van der Waals surface area (Å²) >= 11 is 3.67. The van der Waals surface area contributed by atoms with Crippen molar-refractivity contribution in [3.63, 3.8) is 0 Å². The largest absolute Gasteiger partial charge is 0.381 e. The second-order valence-electron chi connectivity index (χ2n) is 10.8. The van der Waals surface area contributed by atoms with Gasteiger partial charge in [-0.1, -0.05) is 35.7 Å². The first-order valence-corrected chi connectivity index (χ1v) is 15.4. The number of rotatable bonds is 6. The Morgan fingerprint density at radius 2 is 1.87 bits per heavy atom. The fourth-order valence-corrected chi connectivity index (χ4v) is 8.27. The smallest absolute Gasteiger partial charge is 0.249 e. The van der Waals surface area contributed by atoms with Crippen molar-refractivity contribution in [2.45, 2.75) is 64.7 Å². The van der Waals surface area contributed by atoms with Crippen molar-refractivity contribution in [2.24, 2.45) is 0 Å². The molecule has 0 bridgehead atoms. The third-order valence-corrected chi connectivity index (χ3v) is 9.97. The molecule has 39 heavy (non-hydrogen) atoms. The van der Waals surface area contributed by atoms with Gasteiger partial charge in [-0.05, 0) is 56.7 Å². The third-order valence-electron chi connectivity index (χ3n) is 7.36. The molecular weight excluding hydrogens is 528 g/mol. The highest BCUT2D eigenvalue weighted by atomic mass is 32.2. The van der Waals surface area contributed by atoms with E-state index in [1.54, 1.807) is 12.3 Å². The summed E-state index contributed by atoms with van der Waals surface area (Å²) < 4.78 is 12.2. The zero-order chi connectivity index (χ0) is 26.9. The molecule has 2 aromatic carbocycles. The number of fused-ring (bicyclic) bond motifs is 2. The second-order valence-corrected chi connectivity index (χ2v) is 12.9. The van der Waals surface area contributed by atoms with Crippen LogP contribution in [0.1, 0.15) is 32.4 Å². The van der Waals surface area contributed by atoms with Crippen molar-refractivity contribution in [3.05, 3.63) is 70.6 Å². The number of aromatic nitrogens is 1. The highest BCUT2D eigenvalue weighted by Crippen LogP contribution is 2.51. The van der Waals surface area contributed by atoms with Crippen LogP contribution in [-0.4, -0.2) is 67.5 Å². The Balaban J connectivity index is 1.15. The van der Waals surface area contributed by atoms with Gasteiger partial charge in [-0.25, -0.2) is 0 Å². The third kappa shape index (κ3) is 6.18. The summed E-state index contributed by atoms with van der Waals surface area (Å²) in [6, 6.07) is 17.2. The number of pyridine rings is 1. The number of benzene rings is 2. The first kappa shape index (κ1) is 26.8. The Hall–Kier alpha value is -2.43. The van der Waals surface area contributed by atoms with Crippen LogP contribution in [-0.2, 0) is 9.47 Å². The van der Waals surface area contributed by atoms with E-state index < -0.39 is 0 Å². The van der Waals surface area contributed by atoms with Crippen LogP contribution in [0.15, 0.2) is 79.1 Å². The Kier molecular flexibility index (Phi) is 7.95. The van der Waals surface area contributed by atoms with Crippen LogP contribution in [0.3, 0.4) is 0 Å².